The molecule has 0 fully saturated rings. The summed E-state index contributed by atoms with van der Waals surface area (Å²) in [6.45, 7) is 0.761. The maximum Gasteiger partial charge on any atom is 0.198 e. The first kappa shape index (κ1) is 13.6. The predicted molar refractivity (Wildman–Crippen MR) is 77.8 cm³/mol. The van der Waals surface area contributed by atoms with Crippen molar-refractivity contribution in [3.63, 3.8) is 0 Å². The first-order valence-electron chi connectivity index (χ1n) is 5.23. The second kappa shape index (κ2) is 6.36. The van der Waals surface area contributed by atoms with Crippen molar-refractivity contribution < 1.29 is 4.74 Å². The van der Waals surface area contributed by atoms with Crippen molar-refractivity contribution in [2.45, 2.75) is 6.42 Å². The van der Waals surface area contributed by atoms with Gasteiger partial charge in [0, 0.05) is 11.4 Å². The summed E-state index contributed by atoms with van der Waals surface area (Å²) in [7, 11) is 1.55. The Kier molecular flexibility index (Phi) is 4.79. The smallest absolute Gasteiger partial charge is 0.198 e. The van der Waals surface area contributed by atoms with Gasteiger partial charge in [0.25, 0.3) is 0 Å². The number of nitrogens with one attached hydrogen (secondary N) is 1. The molecule has 4 nitrogen and oxygen atoms in total. The normalized spacial score (nSPS) is 10.4. The highest BCUT2D eigenvalue weighted by atomic mass is 79.9. The van der Waals surface area contributed by atoms with Crippen LogP contribution in [0.4, 0.5) is 5.82 Å². The molecule has 18 heavy (non-hydrogen) atoms. The van der Waals surface area contributed by atoms with E-state index in [-0.39, 0.29) is 0 Å². The molecule has 0 aliphatic carbocycles. The van der Waals surface area contributed by atoms with Gasteiger partial charge in [-0.05, 0) is 34.5 Å². The average Bonchev–Trinajstić information content (AvgIpc) is 2.75. The highest BCUT2D eigenvalue weighted by molar-refractivity contribution is 9.11. The summed E-state index contributed by atoms with van der Waals surface area (Å²) in [6.07, 6.45) is 2.33. The van der Waals surface area contributed by atoms with Crippen molar-refractivity contribution >= 4 is 44.7 Å². The molecule has 0 saturated carbocycles. The van der Waals surface area contributed by atoms with Crippen molar-refractivity contribution in [1.29, 1.82) is 0 Å². The molecular formula is C11H11BrClN3OS. The van der Waals surface area contributed by atoms with E-state index in [1.54, 1.807) is 18.4 Å². The van der Waals surface area contributed by atoms with Gasteiger partial charge in [-0.3, -0.25) is 0 Å². The van der Waals surface area contributed by atoms with E-state index in [0.29, 0.717) is 16.7 Å². The fourth-order valence-corrected chi connectivity index (χ4v) is 3.14. The van der Waals surface area contributed by atoms with Crippen LogP contribution in [0.3, 0.4) is 0 Å². The molecule has 0 spiro atoms. The van der Waals surface area contributed by atoms with Crippen molar-refractivity contribution in [1.82, 2.24) is 9.97 Å². The lowest BCUT2D eigenvalue weighted by molar-refractivity contribution is 0.413. The van der Waals surface area contributed by atoms with Gasteiger partial charge in [0.15, 0.2) is 16.7 Å². The standard InChI is InChI=1S/C11H11BrClN3OS/c1-17-9-10(13)15-6-16-11(9)14-5-4-7-2-3-8(12)18-7/h2-3,6H,4-5H2,1H3,(H,14,15,16). The van der Waals surface area contributed by atoms with Crippen LogP contribution >= 0.6 is 38.9 Å². The first-order valence-corrected chi connectivity index (χ1v) is 7.22. The summed E-state index contributed by atoms with van der Waals surface area (Å²) >= 11 is 11.1. The van der Waals surface area contributed by atoms with Crippen molar-refractivity contribution in [2.24, 2.45) is 0 Å². The second-order valence-electron chi connectivity index (χ2n) is 3.43. The number of halogens is 2. The van der Waals surface area contributed by atoms with Gasteiger partial charge in [0.2, 0.25) is 0 Å². The Morgan fingerprint density at radius 3 is 2.94 bits per heavy atom. The van der Waals surface area contributed by atoms with Gasteiger partial charge in [0.05, 0.1) is 10.9 Å². The molecule has 0 radical (unpaired) electrons. The monoisotopic (exact) mass is 347 g/mol. The minimum atomic E-state index is 0.314. The number of nitrogens with zero attached hydrogens (tertiary/aromatic N) is 2. The number of methoxy groups -OCH3 is 1. The van der Waals surface area contributed by atoms with Crippen LogP contribution in [-0.2, 0) is 6.42 Å². The van der Waals surface area contributed by atoms with Crippen molar-refractivity contribution in [2.75, 3.05) is 19.0 Å². The van der Waals surface area contributed by atoms with Crippen LogP contribution in [0.2, 0.25) is 5.15 Å². The van der Waals surface area contributed by atoms with E-state index in [2.05, 4.69) is 37.3 Å². The zero-order valence-electron chi connectivity index (χ0n) is 9.61. The van der Waals surface area contributed by atoms with E-state index in [1.807, 2.05) is 6.07 Å². The third-order valence-electron chi connectivity index (χ3n) is 2.26. The van der Waals surface area contributed by atoms with E-state index >= 15 is 0 Å². The fraction of sp³-hybridized carbons (Fsp3) is 0.273. The largest absolute Gasteiger partial charge is 0.490 e. The van der Waals surface area contributed by atoms with Gasteiger partial charge < -0.3 is 10.1 Å². The average molecular weight is 349 g/mol. The van der Waals surface area contributed by atoms with Crippen LogP contribution in [0.5, 0.6) is 5.75 Å². The van der Waals surface area contributed by atoms with E-state index in [4.69, 9.17) is 16.3 Å². The minimum Gasteiger partial charge on any atom is -0.490 e. The molecule has 0 aromatic carbocycles. The van der Waals surface area contributed by atoms with E-state index < -0.39 is 0 Å². The molecule has 0 saturated heterocycles. The Morgan fingerprint density at radius 1 is 1.44 bits per heavy atom. The number of anilines is 1. The van der Waals surface area contributed by atoms with Crippen LogP contribution < -0.4 is 10.1 Å². The Hall–Kier alpha value is -0.850. The molecule has 0 unspecified atom stereocenters. The molecule has 1 N–H and O–H groups in total. The lowest BCUT2D eigenvalue weighted by Gasteiger charge is -2.09. The summed E-state index contributed by atoms with van der Waals surface area (Å²) in [5.41, 5.74) is 0. The van der Waals surface area contributed by atoms with Gasteiger partial charge >= 0.3 is 0 Å². The van der Waals surface area contributed by atoms with Crippen LogP contribution in [0.25, 0.3) is 0 Å². The summed E-state index contributed by atoms with van der Waals surface area (Å²) in [5.74, 6) is 1.10. The second-order valence-corrected chi connectivity index (χ2v) is 6.33. The molecule has 96 valence electrons. The maximum atomic E-state index is 5.91. The van der Waals surface area contributed by atoms with Gasteiger partial charge in [0.1, 0.15) is 6.33 Å². The number of thiophene rings is 1. The molecule has 2 aromatic heterocycles. The molecule has 0 atom stereocenters. The van der Waals surface area contributed by atoms with Gasteiger partial charge in [-0.25, -0.2) is 9.97 Å². The third kappa shape index (κ3) is 3.34. The van der Waals surface area contributed by atoms with Gasteiger partial charge in [-0.15, -0.1) is 11.3 Å². The lowest BCUT2D eigenvalue weighted by Crippen LogP contribution is -2.07. The van der Waals surface area contributed by atoms with Gasteiger partial charge in [-0.2, -0.15) is 0 Å². The number of hydrogen-bond donors (Lipinski definition) is 1. The molecule has 0 aliphatic rings. The molecule has 2 rings (SSSR count). The first-order chi connectivity index (χ1) is 8.70. The molecule has 2 heterocycles. The quantitative estimate of drug-likeness (QED) is 0.838. The van der Waals surface area contributed by atoms with Crippen LogP contribution in [-0.4, -0.2) is 23.6 Å². The molecule has 0 bridgehead atoms. The molecule has 2 aromatic rings. The van der Waals surface area contributed by atoms with Gasteiger partial charge in [-0.1, -0.05) is 11.6 Å². The molecule has 7 heteroatoms. The number of aromatic nitrogens is 2. The highest BCUT2D eigenvalue weighted by Crippen LogP contribution is 2.28. The summed E-state index contributed by atoms with van der Waals surface area (Å²) in [5, 5.41) is 3.51. The van der Waals surface area contributed by atoms with Crippen LogP contribution in [0.15, 0.2) is 22.2 Å². The molecule has 0 aliphatic heterocycles. The highest BCUT2D eigenvalue weighted by Gasteiger charge is 2.09. The van der Waals surface area contributed by atoms with Crippen LogP contribution in [0.1, 0.15) is 4.88 Å². The van der Waals surface area contributed by atoms with Crippen molar-refractivity contribution in [3.8, 4) is 5.75 Å². The number of hydrogen-bond acceptors (Lipinski definition) is 5. The Morgan fingerprint density at radius 2 is 2.28 bits per heavy atom. The summed E-state index contributed by atoms with van der Waals surface area (Å²) < 4.78 is 6.30. The van der Waals surface area contributed by atoms with Crippen molar-refractivity contribution in [3.05, 3.63) is 32.3 Å². The number of ether oxygens (including phenoxy) is 1. The third-order valence-corrected chi connectivity index (χ3v) is 4.21. The summed E-state index contributed by atoms with van der Waals surface area (Å²) in [4.78, 5) is 9.27. The lowest BCUT2D eigenvalue weighted by atomic mass is 10.3. The predicted octanol–water partition coefficient (Wildman–Crippen LogP) is 3.62. The van der Waals surface area contributed by atoms with Crippen LogP contribution in [0, 0.1) is 0 Å². The van der Waals surface area contributed by atoms with E-state index in [0.717, 1.165) is 16.8 Å². The molecular weight excluding hydrogens is 338 g/mol. The Labute approximate surface area is 122 Å². The summed E-state index contributed by atoms with van der Waals surface area (Å²) in [6, 6.07) is 4.14. The Bertz CT molecular complexity index is 535. The fourth-order valence-electron chi connectivity index (χ4n) is 1.45. The Balaban J connectivity index is 1.96. The zero-order valence-corrected chi connectivity index (χ0v) is 12.8. The topological polar surface area (TPSA) is 47.0 Å². The maximum absolute atomic E-state index is 5.91. The SMILES string of the molecule is COc1c(Cl)ncnc1NCCc1ccc(Br)s1. The zero-order chi connectivity index (χ0) is 13.0. The van der Waals surface area contributed by atoms with E-state index in [9.17, 15) is 0 Å². The number of rotatable bonds is 5. The van der Waals surface area contributed by atoms with E-state index in [1.165, 1.54) is 11.2 Å². The molecule has 0 amide bonds. The minimum absolute atomic E-state index is 0.314.